The van der Waals surface area contributed by atoms with Crippen molar-refractivity contribution in [2.24, 2.45) is 0 Å². The highest BCUT2D eigenvalue weighted by Crippen LogP contribution is 2.25. The van der Waals surface area contributed by atoms with Gasteiger partial charge in [0.05, 0.1) is 5.69 Å². The van der Waals surface area contributed by atoms with Crippen LogP contribution in [0, 0.1) is 0 Å². The maximum atomic E-state index is 11.8. The standard InChI is InChI=1S/C7H6F3NO3S/c8-7(9,10)15(12,13)14-5-6-3-1-2-4-11-6/h1-4H,5H2. The first-order chi connectivity index (χ1) is 6.83. The summed E-state index contributed by atoms with van der Waals surface area (Å²) in [6.45, 7) is -0.733. The van der Waals surface area contributed by atoms with Crippen LogP contribution in [-0.2, 0) is 20.9 Å². The van der Waals surface area contributed by atoms with Crippen molar-refractivity contribution in [3.8, 4) is 0 Å². The SMILES string of the molecule is O=S(=O)(OCc1ccccn1)C(F)(F)F. The molecule has 0 bridgehead atoms. The van der Waals surface area contributed by atoms with Gasteiger partial charge in [-0.15, -0.1) is 0 Å². The van der Waals surface area contributed by atoms with Gasteiger partial charge >= 0.3 is 15.6 Å². The number of alkyl halides is 3. The van der Waals surface area contributed by atoms with Gasteiger partial charge < -0.3 is 0 Å². The van der Waals surface area contributed by atoms with Crippen molar-refractivity contribution in [1.82, 2.24) is 4.98 Å². The summed E-state index contributed by atoms with van der Waals surface area (Å²) in [5, 5.41) is 0. The largest absolute Gasteiger partial charge is 0.523 e. The Hall–Kier alpha value is -1.15. The predicted octanol–water partition coefficient (Wildman–Crippen LogP) is 1.45. The lowest BCUT2D eigenvalue weighted by atomic mass is 10.4. The molecule has 0 aliphatic heterocycles. The fourth-order valence-electron chi connectivity index (χ4n) is 0.688. The van der Waals surface area contributed by atoms with Crippen molar-refractivity contribution in [3.63, 3.8) is 0 Å². The average Bonchev–Trinajstić information content (AvgIpc) is 2.15. The molecule has 1 rings (SSSR count). The molecular formula is C7H6F3NO3S. The lowest BCUT2D eigenvalue weighted by molar-refractivity contribution is -0.0548. The zero-order valence-corrected chi connectivity index (χ0v) is 8.05. The van der Waals surface area contributed by atoms with Crippen molar-refractivity contribution < 1.29 is 25.8 Å². The molecule has 1 heterocycles. The highest BCUT2D eigenvalue weighted by molar-refractivity contribution is 7.87. The van der Waals surface area contributed by atoms with E-state index in [0.717, 1.165) is 0 Å². The van der Waals surface area contributed by atoms with Crippen molar-refractivity contribution >= 4 is 10.1 Å². The zero-order valence-electron chi connectivity index (χ0n) is 7.23. The van der Waals surface area contributed by atoms with E-state index in [1.807, 2.05) is 0 Å². The zero-order chi connectivity index (χ0) is 11.5. The van der Waals surface area contributed by atoms with Gasteiger partial charge in [0.15, 0.2) is 0 Å². The van der Waals surface area contributed by atoms with Crippen LogP contribution in [0.2, 0.25) is 0 Å². The Labute approximate surface area is 83.8 Å². The minimum absolute atomic E-state index is 0.102. The number of nitrogens with zero attached hydrogens (tertiary/aromatic N) is 1. The molecule has 8 heteroatoms. The van der Waals surface area contributed by atoms with Crippen molar-refractivity contribution in [2.75, 3.05) is 0 Å². The van der Waals surface area contributed by atoms with E-state index in [0.29, 0.717) is 0 Å². The summed E-state index contributed by atoms with van der Waals surface area (Å²) in [6.07, 6.45) is 1.32. The number of pyridine rings is 1. The molecule has 0 aliphatic rings. The summed E-state index contributed by atoms with van der Waals surface area (Å²) in [7, 11) is -5.54. The number of rotatable bonds is 3. The molecule has 0 N–H and O–H groups in total. The van der Waals surface area contributed by atoms with Crippen LogP contribution in [0.25, 0.3) is 0 Å². The Balaban J connectivity index is 2.67. The van der Waals surface area contributed by atoms with Crippen molar-refractivity contribution in [1.29, 1.82) is 0 Å². The third-order valence-electron chi connectivity index (χ3n) is 1.37. The Morgan fingerprint density at radius 2 is 2.00 bits per heavy atom. The Morgan fingerprint density at radius 1 is 1.33 bits per heavy atom. The first-order valence-electron chi connectivity index (χ1n) is 3.68. The third-order valence-corrected chi connectivity index (χ3v) is 2.37. The number of hydrogen-bond donors (Lipinski definition) is 0. The molecule has 15 heavy (non-hydrogen) atoms. The van der Waals surface area contributed by atoms with Gasteiger partial charge in [-0.25, -0.2) is 0 Å². The smallest absolute Gasteiger partial charge is 0.259 e. The molecule has 4 nitrogen and oxygen atoms in total. The molecule has 0 atom stereocenters. The molecule has 0 aliphatic carbocycles. The topological polar surface area (TPSA) is 56.3 Å². The van der Waals surface area contributed by atoms with Crippen LogP contribution in [0.3, 0.4) is 0 Å². The molecule has 0 saturated heterocycles. The normalized spacial score (nSPS) is 12.7. The lowest BCUT2D eigenvalue weighted by Gasteiger charge is -2.07. The van der Waals surface area contributed by atoms with Crippen LogP contribution in [0.5, 0.6) is 0 Å². The summed E-state index contributed by atoms with van der Waals surface area (Å²) >= 11 is 0. The van der Waals surface area contributed by atoms with Crippen LogP contribution in [-0.4, -0.2) is 18.9 Å². The minimum Gasteiger partial charge on any atom is -0.259 e. The van der Waals surface area contributed by atoms with E-state index < -0.39 is 22.2 Å². The van der Waals surface area contributed by atoms with Gasteiger partial charge in [-0.05, 0) is 12.1 Å². The average molecular weight is 241 g/mol. The highest BCUT2D eigenvalue weighted by Gasteiger charge is 2.47. The summed E-state index contributed by atoms with van der Waals surface area (Å²) in [5.74, 6) is 0. The van der Waals surface area contributed by atoms with E-state index in [1.54, 1.807) is 6.07 Å². The van der Waals surface area contributed by atoms with Gasteiger partial charge in [0.1, 0.15) is 6.61 Å². The second-order valence-electron chi connectivity index (χ2n) is 2.48. The van der Waals surface area contributed by atoms with Gasteiger partial charge in [-0.2, -0.15) is 21.6 Å². The molecule has 84 valence electrons. The van der Waals surface area contributed by atoms with Crippen LogP contribution < -0.4 is 0 Å². The second kappa shape index (κ2) is 4.15. The maximum absolute atomic E-state index is 11.8. The van der Waals surface area contributed by atoms with Gasteiger partial charge in [-0.3, -0.25) is 9.17 Å². The van der Waals surface area contributed by atoms with Crippen molar-refractivity contribution in [3.05, 3.63) is 30.1 Å². The Bertz CT molecular complexity index is 415. The summed E-state index contributed by atoms with van der Waals surface area (Å²) in [5.41, 5.74) is -5.30. The molecule has 0 saturated carbocycles. The van der Waals surface area contributed by atoms with Gasteiger partial charge in [0.2, 0.25) is 0 Å². The molecular weight excluding hydrogens is 235 g/mol. The first-order valence-corrected chi connectivity index (χ1v) is 5.09. The molecule has 1 aromatic rings. The molecule has 0 aromatic carbocycles. The van der Waals surface area contributed by atoms with E-state index in [-0.39, 0.29) is 5.69 Å². The Morgan fingerprint density at radius 3 is 2.47 bits per heavy atom. The quantitative estimate of drug-likeness (QED) is 0.593. The fraction of sp³-hybridized carbons (Fsp3) is 0.286. The van der Waals surface area contributed by atoms with E-state index in [1.165, 1.54) is 18.3 Å². The summed E-state index contributed by atoms with van der Waals surface area (Å²) < 4.78 is 60.1. The molecule has 1 aromatic heterocycles. The van der Waals surface area contributed by atoms with Crippen LogP contribution >= 0.6 is 0 Å². The molecule has 0 spiro atoms. The van der Waals surface area contributed by atoms with Crippen LogP contribution in [0.1, 0.15) is 5.69 Å². The van der Waals surface area contributed by atoms with E-state index in [2.05, 4.69) is 9.17 Å². The third kappa shape index (κ3) is 3.17. The second-order valence-corrected chi connectivity index (χ2v) is 4.09. The van der Waals surface area contributed by atoms with Gasteiger partial charge in [0, 0.05) is 6.20 Å². The molecule has 0 amide bonds. The summed E-state index contributed by atoms with van der Waals surface area (Å²) in [6, 6.07) is 4.40. The minimum atomic E-state index is -5.54. The number of hydrogen-bond acceptors (Lipinski definition) is 4. The highest BCUT2D eigenvalue weighted by atomic mass is 32.2. The Kier molecular flexibility index (Phi) is 3.30. The lowest BCUT2D eigenvalue weighted by Crippen LogP contribution is -2.25. The van der Waals surface area contributed by atoms with Gasteiger partial charge in [0.25, 0.3) is 0 Å². The predicted molar refractivity (Wildman–Crippen MR) is 44.0 cm³/mol. The van der Waals surface area contributed by atoms with Gasteiger partial charge in [-0.1, -0.05) is 6.07 Å². The molecule has 0 unspecified atom stereocenters. The van der Waals surface area contributed by atoms with E-state index >= 15 is 0 Å². The maximum Gasteiger partial charge on any atom is 0.523 e. The van der Waals surface area contributed by atoms with E-state index in [4.69, 9.17) is 0 Å². The first kappa shape index (κ1) is 11.9. The molecule has 0 fully saturated rings. The number of aromatic nitrogens is 1. The van der Waals surface area contributed by atoms with Crippen LogP contribution in [0.15, 0.2) is 24.4 Å². The van der Waals surface area contributed by atoms with Crippen LogP contribution in [0.4, 0.5) is 13.2 Å². The van der Waals surface area contributed by atoms with Crippen molar-refractivity contribution in [2.45, 2.75) is 12.1 Å². The molecule has 0 radical (unpaired) electrons. The summed E-state index contributed by atoms with van der Waals surface area (Å²) in [4.78, 5) is 3.61. The number of halogens is 3. The fourth-order valence-corrected chi connectivity index (χ4v) is 1.10. The van der Waals surface area contributed by atoms with E-state index in [9.17, 15) is 21.6 Å². The monoisotopic (exact) mass is 241 g/mol.